The number of nitrogens with zero attached hydrogens (tertiary/aromatic N) is 1. The summed E-state index contributed by atoms with van der Waals surface area (Å²) in [5, 5.41) is 3.15. The summed E-state index contributed by atoms with van der Waals surface area (Å²) in [5.74, 6) is 0.791. The number of halogens is 1. The van der Waals surface area contributed by atoms with Crippen molar-refractivity contribution in [3.63, 3.8) is 0 Å². The van der Waals surface area contributed by atoms with E-state index in [0.717, 1.165) is 36.8 Å². The number of carbonyl (C=O) groups is 2. The van der Waals surface area contributed by atoms with Crippen molar-refractivity contribution in [3.8, 4) is 11.5 Å². The number of benzene rings is 2. The Labute approximate surface area is 214 Å². The third-order valence-corrected chi connectivity index (χ3v) is 6.59. The van der Waals surface area contributed by atoms with Crippen LogP contribution in [0.1, 0.15) is 70.4 Å². The van der Waals surface area contributed by atoms with Crippen LogP contribution >= 0.6 is 0 Å². The zero-order valence-electron chi connectivity index (χ0n) is 21.7. The molecule has 1 unspecified atom stereocenters. The van der Waals surface area contributed by atoms with E-state index in [2.05, 4.69) is 5.32 Å². The maximum absolute atomic E-state index is 13.5. The van der Waals surface area contributed by atoms with Gasteiger partial charge in [0.05, 0.1) is 13.2 Å². The van der Waals surface area contributed by atoms with Gasteiger partial charge < -0.3 is 19.7 Å². The van der Waals surface area contributed by atoms with Gasteiger partial charge in [0.2, 0.25) is 11.8 Å². The summed E-state index contributed by atoms with van der Waals surface area (Å²) in [4.78, 5) is 28.4. The molecular formula is C29H39FN2O4. The summed E-state index contributed by atoms with van der Waals surface area (Å²) in [6, 6.07) is 11.4. The minimum absolute atomic E-state index is 0.111. The highest BCUT2D eigenvalue weighted by molar-refractivity contribution is 5.88. The molecule has 2 aromatic rings. The minimum Gasteiger partial charge on any atom is -0.490 e. The standard InChI is InChI=1S/C29H39FN2O4/c1-4-25(29(34)31-24-9-7-8-10-24)32(20-22-11-15-23(30)16-12-22)28(33)18-14-21-13-17-26(35-5-2)27(19-21)36-6-3/h11-13,15-17,19,24-25H,4-10,14,18,20H2,1-3H3,(H,31,34). The monoisotopic (exact) mass is 498 g/mol. The third-order valence-electron chi connectivity index (χ3n) is 6.59. The topological polar surface area (TPSA) is 67.9 Å². The number of carbonyl (C=O) groups excluding carboxylic acids is 2. The summed E-state index contributed by atoms with van der Waals surface area (Å²) >= 11 is 0. The van der Waals surface area contributed by atoms with Crippen LogP contribution in [-0.2, 0) is 22.6 Å². The van der Waals surface area contributed by atoms with Crippen LogP contribution in [0.15, 0.2) is 42.5 Å². The molecule has 1 N–H and O–H groups in total. The van der Waals surface area contributed by atoms with Crippen LogP contribution in [0.3, 0.4) is 0 Å². The average molecular weight is 499 g/mol. The predicted molar refractivity (Wildman–Crippen MR) is 139 cm³/mol. The van der Waals surface area contributed by atoms with Crippen LogP contribution < -0.4 is 14.8 Å². The summed E-state index contributed by atoms with van der Waals surface area (Å²) in [5.41, 5.74) is 1.75. The Bertz CT molecular complexity index is 989. The Kier molecular flexibility index (Phi) is 10.6. The smallest absolute Gasteiger partial charge is 0.243 e. The van der Waals surface area contributed by atoms with Crippen molar-refractivity contribution in [2.75, 3.05) is 13.2 Å². The van der Waals surface area contributed by atoms with Gasteiger partial charge in [-0.25, -0.2) is 4.39 Å². The molecule has 1 fully saturated rings. The first-order valence-electron chi connectivity index (χ1n) is 13.2. The van der Waals surface area contributed by atoms with Gasteiger partial charge in [-0.2, -0.15) is 0 Å². The Hall–Kier alpha value is -3.09. The molecule has 36 heavy (non-hydrogen) atoms. The summed E-state index contributed by atoms with van der Waals surface area (Å²) in [6.45, 7) is 7.07. The normalized spacial score (nSPS) is 14.3. The fourth-order valence-electron chi connectivity index (χ4n) is 4.72. The SMILES string of the molecule is CCOc1ccc(CCC(=O)N(Cc2ccc(F)cc2)C(CC)C(=O)NC2CCCC2)cc1OCC. The first-order chi connectivity index (χ1) is 17.4. The van der Waals surface area contributed by atoms with Gasteiger partial charge in [0.1, 0.15) is 11.9 Å². The van der Waals surface area contributed by atoms with Crippen LogP contribution in [0.2, 0.25) is 0 Å². The van der Waals surface area contributed by atoms with Crippen LogP contribution in [0, 0.1) is 5.82 Å². The number of amides is 2. The molecule has 1 aliphatic carbocycles. The Morgan fingerprint density at radius 1 is 0.972 bits per heavy atom. The van der Waals surface area contributed by atoms with Crippen molar-refractivity contribution < 1.29 is 23.5 Å². The highest BCUT2D eigenvalue weighted by Crippen LogP contribution is 2.29. The number of hydrogen-bond acceptors (Lipinski definition) is 4. The molecule has 1 saturated carbocycles. The van der Waals surface area contributed by atoms with Gasteiger partial charge >= 0.3 is 0 Å². The number of rotatable bonds is 13. The number of ether oxygens (including phenoxy) is 2. The lowest BCUT2D eigenvalue weighted by Crippen LogP contribution is -2.51. The van der Waals surface area contributed by atoms with Gasteiger partial charge in [-0.3, -0.25) is 9.59 Å². The molecule has 1 atom stereocenters. The molecule has 2 aromatic carbocycles. The first-order valence-corrected chi connectivity index (χ1v) is 13.2. The highest BCUT2D eigenvalue weighted by atomic mass is 19.1. The number of hydrogen-bond donors (Lipinski definition) is 1. The van der Waals surface area contributed by atoms with E-state index in [1.165, 1.54) is 12.1 Å². The second kappa shape index (κ2) is 13.9. The first kappa shape index (κ1) is 27.5. The molecule has 6 nitrogen and oxygen atoms in total. The van der Waals surface area contributed by atoms with E-state index in [1.54, 1.807) is 17.0 Å². The van der Waals surface area contributed by atoms with E-state index < -0.39 is 6.04 Å². The van der Waals surface area contributed by atoms with E-state index in [0.29, 0.717) is 37.6 Å². The number of nitrogens with one attached hydrogen (secondary N) is 1. The molecule has 0 radical (unpaired) electrons. The van der Waals surface area contributed by atoms with Crippen molar-refractivity contribution in [1.82, 2.24) is 10.2 Å². The van der Waals surface area contributed by atoms with E-state index in [-0.39, 0.29) is 36.6 Å². The fourth-order valence-corrected chi connectivity index (χ4v) is 4.72. The van der Waals surface area contributed by atoms with Gasteiger partial charge in [0, 0.05) is 19.0 Å². The summed E-state index contributed by atoms with van der Waals surface area (Å²) in [7, 11) is 0. The molecule has 1 aliphatic rings. The van der Waals surface area contributed by atoms with Crippen molar-refractivity contribution in [2.45, 2.75) is 84.3 Å². The molecule has 0 aromatic heterocycles. The minimum atomic E-state index is -0.581. The van der Waals surface area contributed by atoms with Crippen LogP contribution in [-0.4, -0.2) is 42.0 Å². The maximum atomic E-state index is 13.5. The Balaban J connectivity index is 1.76. The lowest BCUT2D eigenvalue weighted by atomic mass is 10.0. The number of aryl methyl sites for hydroxylation is 1. The van der Waals surface area contributed by atoms with Crippen LogP contribution in [0.5, 0.6) is 11.5 Å². The second-order valence-corrected chi connectivity index (χ2v) is 9.21. The average Bonchev–Trinajstić information content (AvgIpc) is 3.38. The van der Waals surface area contributed by atoms with Gasteiger partial charge in [-0.1, -0.05) is 38.0 Å². The largest absolute Gasteiger partial charge is 0.490 e. The molecule has 0 bridgehead atoms. The van der Waals surface area contributed by atoms with Gasteiger partial charge in [0.25, 0.3) is 0 Å². The Morgan fingerprint density at radius 2 is 1.61 bits per heavy atom. The van der Waals surface area contributed by atoms with Gasteiger partial charge in [0.15, 0.2) is 11.5 Å². The van der Waals surface area contributed by atoms with E-state index in [9.17, 15) is 14.0 Å². The maximum Gasteiger partial charge on any atom is 0.243 e. The van der Waals surface area contributed by atoms with Crippen molar-refractivity contribution in [3.05, 3.63) is 59.4 Å². The third kappa shape index (κ3) is 7.70. The Morgan fingerprint density at radius 3 is 2.25 bits per heavy atom. The zero-order valence-corrected chi connectivity index (χ0v) is 21.7. The molecular weight excluding hydrogens is 459 g/mol. The second-order valence-electron chi connectivity index (χ2n) is 9.21. The van der Waals surface area contributed by atoms with E-state index in [4.69, 9.17) is 9.47 Å². The zero-order chi connectivity index (χ0) is 25.9. The molecule has 0 heterocycles. The molecule has 2 amide bonds. The van der Waals surface area contributed by atoms with Crippen molar-refractivity contribution >= 4 is 11.8 Å². The van der Waals surface area contributed by atoms with Gasteiger partial charge in [-0.05, 0) is 74.9 Å². The molecule has 196 valence electrons. The lowest BCUT2D eigenvalue weighted by molar-refractivity contribution is -0.141. The van der Waals surface area contributed by atoms with Gasteiger partial charge in [-0.15, -0.1) is 0 Å². The van der Waals surface area contributed by atoms with Crippen LogP contribution in [0.4, 0.5) is 4.39 Å². The molecule has 7 heteroatoms. The van der Waals surface area contributed by atoms with E-state index in [1.807, 2.05) is 39.0 Å². The molecule has 0 spiro atoms. The quantitative estimate of drug-likeness (QED) is 0.400. The lowest BCUT2D eigenvalue weighted by Gasteiger charge is -2.31. The van der Waals surface area contributed by atoms with Crippen LogP contribution in [0.25, 0.3) is 0 Å². The summed E-state index contributed by atoms with van der Waals surface area (Å²) < 4.78 is 24.8. The van der Waals surface area contributed by atoms with Crippen molar-refractivity contribution in [2.24, 2.45) is 0 Å². The fraction of sp³-hybridized carbons (Fsp3) is 0.517. The molecule has 0 saturated heterocycles. The van der Waals surface area contributed by atoms with E-state index >= 15 is 0 Å². The molecule has 3 rings (SSSR count). The molecule has 0 aliphatic heterocycles. The highest BCUT2D eigenvalue weighted by Gasteiger charge is 2.30. The van der Waals surface area contributed by atoms with Crippen molar-refractivity contribution in [1.29, 1.82) is 0 Å². The predicted octanol–water partition coefficient (Wildman–Crippen LogP) is 5.42. The summed E-state index contributed by atoms with van der Waals surface area (Å²) in [6.07, 6.45) is 5.45.